The summed E-state index contributed by atoms with van der Waals surface area (Å²) in [5, 5.41) is 8.28. The zero-order valence-electron chi connectivity index (χ0n) is 19.7. The molecule has 8 nitrogen and oxygen atoms in total. The van der Waals surface area contributed by atoms with Gasteiger partial charge in [-0.1, -0.05) is 25.0 Å². The van der Waals surface area contributed by atoms with Crippen LogP contribution >= 0.6 is 11.3 Å². The molecule has 1 aliphatic carbocycles. The first-order valence-electron chi connectivity index (χ1n) is 12.5. The Labute approximate surface area is 214 Å². The molecule has 2 N–H and O–H groups in total. The summed E-state index contributed by atoms with van der Waals surface area (Å²) >= 11 is 1.59. The summed E-state index contributed by atoms with van der Waals surface area (Å²) in [6.45, 7) is 0. The fraction of sp³-hybridized carbons (Fsp3) is 0.179. The number of pyridine rings is 2. The number of imidazole rings is 1. The van der Waals surface area contributed by atoms with E-state index in [0.717, 1.165) is 84.8 Å². The Morgan fingerprint density at radius 3 is 2.81 bits per heavy atom. The second kappa shape index (κ2) is 7.81. The van der Waals surface area contributed by atoms with E-state index in [1.807, 2.05) is 34.9 Å². The van der Waals surface area contributed by atoms with Gasteiger partial charge in [-0.25, -0.2) is 9.97 Å². The molecule has 5 aromatic rings. The summed E-state index contributed by atoms with van der Waals surface area (Å²) < 4.78 is 2.90. The van der Waals surface area contributed by atoms with Crippen molar-refractivity contribution in [1.29, 1.82) is 0 Å². The molecule has 3 aliphatic rings. The van der Waals surface area contributed by atoms with Crippen LogP contribution in [0.25, 0.3) is 64.8 Å². The van der Waals surface area contributed by atoms with Crippen molar-refractivity contribution >= 4 is 70.8 Å². The molecular formula is C28H21N7OS. The lowest BCUT2D eigenvalue weighted by atomic mass is 10.1. The zero-order valence-corrected chi connectivity index (χ0v) is 20.5. The van der Waals surface area contributed by atoms with Gasteiger partial charge in [-0.2, -0.15) is 0 Å². The minimum absolute atomic E-state index is 0.0237. The first-order valence-corrected chi connectivity index (χ1v) is 13.3. The van der Waals surface area contributed by atoms with E-state index in [2.05, 4.69) is 32.3 Å². The summed E-state index contributed by atoms with van der Waals surface area (Å²) in [5.41, 5.74) is 6.44. The van der Waals surface area contributed by atoms with E-state index in [4.69, 9.17) is 9.97 Å². The smallest absolute Gasteiger partial charge is 0.235 e. The van der Waals surface area contributed by atoms with Crippen molar-refractivity contribution in [3.8, 4) is 11.3 Å². The molecule has 180 valence electrons. The van der Waals surface area contributed by atoms with Crippen LogP contribution in [-0.4, -0.2) is 40.6 Å². The van der Waals surface area contributed by atoms with Gasteiger partial charge in [0.1, 0.15) is 10.5 Å². The summed E-state index contributed by atoms with van der Waals surface area (Å²) in [5.74, 6) is 0.157. The third-order valence-corrected chi connectivity index (χ3v) is 8.56. The molecular weight excluding hydrogens is 482 g/mol. The zero-order chi connectivity index (χ0) is 24.5. The third kappa shape index (κ3) is 3.17. The highest BCUT2D eigenvalue weighted by Gasteiger charge is 2.25. The van der Waals surface area contributed by atoms with Crippen molar-refractivity contribution < 1.29 is 4.79 Å². The molecule has 0 spiro atoms. The Morgan fingerprint density at radius 2 is 1.89 bits per heavy atom. The molecule has 2 aliphatic heterocycles. The Hall–Kier alpha value is -4.37. The molecule has 8 rings (SSSR count). The molecule has 6 heterocycles. The lowest BCUT2D eigenvalue weighted by Crippen LogP contribution is -2.19. The number of aromatic amines is 2. The summed E-state index contributed by atoms with van der Waals surface area (Å²) in [7, 11) is 0. The van der Waals surface area contributed by atoms with E-state index >= 15 is 0 Å². The number of benzene rings is 1. The summed E-state index contributed by atoms with van der Waals surface area (Å²) in [6.07, 6.45) is 9.42. The normalized spacial score (nSPS) is 14.6. The first-order chi connectivity index (χ1) is 18.2. The van der Waals surface area contributed by atoms with Gasteiger partial charge in [0.2, 0.25) is 5.91 Å². The van der Waals surface area contributed by atoms with Crippen molar-refractivity contribution in [3.63, 3.8) is 0 Å². The molecule has 0 unspecified atom stereocenters. The van der Waals surface area contributed by atoms with E-state index in [-0.39, 0.29) is 11.8 Å². The Kier molecular flexibility index (Phi) is 4.39. The van der Waals surface area contributed by atoms with E-state index < -0.39 is 0 Å². The van der Waals surface area contributed by atoms with Gasteiger partial charge >= 0.3 is 0 Å². The maximum absolute atomic E-state index is 13.9. The number of nitrogens with zero attached hydrogens (tertiary/aromatic N) is 5. The number of fused-ring (bicyclic) bond motifs is 9. The minimum atomic E-state index is 0.0237. The number of carbonyl (C=O) groups is 1. The number of nitrogens with one attached hydrogen (secondary N) is 2. The van der Waals surface area contributed by atoms with Gasteiger partial charge in [0.15, 0.2) is 5.65 Å². The molecule has 1 saturated carbocycles. The fourth-order valence-corrected chi connectivity index (χ4v) is 6.65. The number of H-pyrrole nitrogens is 2. The molecule has 0 amide bonds. The van der Waals surface area contributed by atoms with Crippen molar-refractivity contribution in [2.75, 3.05) is 0 Å². The standard InChI is InChI=1S/C28H21N7OS/c36-28(15-4-1-2-5-15)35-17-10-16(12-29-13-17)21-11-19-22(14-30-21)33-34-26(19)27-31-20-7-3-6-18(25(20)32-27)23-8-9-24(35)37-23/h3,6-15,33-34H,1-2,4-5H2. The third-order valence-electron chi connectivity index (χ3n) is 7.46. The SMILES string of the molecule is O=C(C1CCCC1)n1c2cncc(c2)c2cc3c(cn2)[nH][nH]c-3c2nc3cccc(c4ccc1s4)c3n2. The van der Waals surface area contributed by atoms with Crippen LogP contribution in [-0.2, 0) is 0 Å². The van der Waals surface area contributed by atoms with Gasteiger partial charge in [0.25, 0.3) is 0 Å². The molecule has 1 aromatic carbocycles. The topological polar surface area (TPSA) is 105 Å². The van der Waals surface area contributed by atoms with Gasteiger partial charge in [-0.3, -0.25) is 29.5 Å². The lowest BCUT2D eigenvalue weighted by Gasteiger charge is -2.12. The van der Waals surface area contributed by atoms with Crippen LogP contribution in [0, 0.1) is 5.92 Å². The number of rotatable bonds is 1. The fourth-order valence-electron chi connectivity index (χ4n) is 5.59. The maximum Gasteiger partial charge on any atom is 0.235 e. The quantitative estimate of drug-likeness (QED) is 0.262. The predicted octanol–water partition coefficient (Wildman–Crippen LogP) is 6.61. The molecule has 1 fully saturated rings. The average molecular weight is 504 g/mol. The van der Waals surface area contributed by atoms with Gasteiger partial charge in [0, 0.05) is 33.2 Å². The van der Waals surface area contributed by atoms with Gasteiger partial charge in [0.05, 0.1) is 40.0 Å². The molecule has 37 heavy (non-hydrogen) atoms. The number of thiophene rings is 1. The van der Waals surface area contributed by atoms with Crippen LogP contribution in [0.1, 0.15) is 30.5 Å². The number of para-hydroxylation sites is 1. The van der Waals surface area contributed by atoms with Crippen LogP contribution in [0.2, 0.25) is 0 Å². The van der Waals surface area contributed by atoms with Gasteiger partial charge in [-0.05, 0) is 43.2 Å². The Bertz CT molecular complexity index is 2040. The maximum atomic E-state index is 13.9. The average Bonchev–Trinajstić information content (AvgIpc) is 3.73. The van der Waals surface area contributed by atoms with E-state index in [9.17, 15) is 4.79 Å². The van der Waals surface area contributed by atoms with E-state index in [1.54, 1.807) is 29.9 Å². The van der Waals surface area contributed by atoms with Gasteiger partial charge < -0.3 is 0 Å². The second-order valence-corrected chi connectivity index (χ2v) is 10.7. The van der Waals surface area contributed by atoms with Crippen molar-refractivity contribution in [2.45, 2.75) is 25.7 Å². The molecule has 4 aromatic heterocycles. The van der Waals surface area contributed by atoms with Crippen LogP contribution in [0.3, 0.4) is 0 Å². The number of aromatic nitrogens is 7. The van der Waals surface area contributed by atoms with Crippen LogP contribution < -0.4 is 0 Å². The lowest BCUT2D eigenvalue weighted by molar-refractivity contribution is 0.0847. The Balaban J connectivity index is 1.57. The highest BCUT2D eigenvalue weighted by atomic mass is 32.1. The van der Waals surface area contributed by atoms with E-state index in [0.29, 0.717) is 5.65 Å². The molecule has 9 heteroatoms. The van der Waals surface area contributed by atoms with Crippen LogP contribution in [0.5, 0.6) is 0 Å². The van der Waals surface area contributed by atoms with Crippen LogP contribution in [0.4, 0.5) is 0 Å². The van der Waals surface area contributed by atoms with E-state index in [1.165, 1.54) is 0 Å². The molecule has 0 radical (unpaired) electrons. The van der Waals surface area contributed by atoms with Crippen molar-refractivity contribution in [3.05, 3.63) is 61.1 Å². The summed E-state index contributed by atoms with van der Waals surface area (Å²) in [6, 6.07) is 14.2. The first kappa shape index (κ1) is 20.8. The highest BCUT2D eigenvalue weighted by molar-refractivity contribution is 7.24. The molecule has 0 saturated heterocycles. The predicted molar refractivity (Wildman–Crippen MR) is 147 cm³/mol. The Morgan fingerprint density at radius 1 is 0.973 bits per heavy atom. The van der Waals surface area contributed by atoms with Crippen molar-refractivity contribution in [2.24, 2.45) is 5.92 Å². The largest absolute Gasteiger partial charge is 0.298 e. The van der Waals surface area contributed by atoms with Gasteiger partial charge in [-0.15, -0.1) is 11.3 Å². The number of carbonyl (C=O) groups excluding carboxylic acids is 1. The number of hydrogen-bond acceptors (Lipinski definition) is 6. The minimum Gasteiger partial charge on any atom is -0.298 e. The highest BCUT2D eigenvalue weighted by Crippen LogP contribution is 2.34. The van der Waals surface area contributed by atoms with Crippen LogP contribution in [0.15, 0.2) is 61.1 Å². The number of hydrogen-bond donors (Lipinski definition) is 2. The second-order valence-electron chi connectivity index (χ2n) is 9.69. The molecule has 0 atom stereocenters. The molecule has 8 bridgehead atoms. The monoisotopic (exact) mass is 503 g/mol. The summed E-state index contributed by atoms with van der Waals surface area (Å²) in [4.78, 5) is 33.8. The van der Waals surface area contributed by atoms with Crippen molar-refractivity contribution in [1.82, 2.24) is 34.7 Å².